The molecule has 1 aliphatic rings. The van der Waals surface area contributed by atoms with Gasteiger partial charge in [0.15, 0.2) is 12.2 Å². The summed E-state index contributed by atoms with van der Waals surface area (Å²) < 4.78 is 21.0. The smallest absolute Gasteiger partial charge is 0.347 e. The number of carbonyl (C=O) groups is 2. The van der Waals surface area contributed by atoms with Gasteiger partial charge in [-0.1, -0.05) is 18.2 Å². The standard InChI is InChI=1S/C20H19NO6/c1-24-15-7-9-16(10-8-15)25-11-12-26-20(23)18-17(22)13-27-19(18)21-14-5-3-2-4-6-14/h2-10,21H,11-13H2,1H3. The Bertz CT molecular complexity index is 829. The Kier molecular flexibility index (Phi) is 5.94. The molecule has 0 amide bonds. The predicted molar refractivity (Wildman–Crippen MR) is 97.5 cm³/mol. The van der Waals surface area contributed by atoms with E-state index in [9.17, 15) is 9.59 Å². The van der Waals surface area contributed by atoms with Gasteiger partial charge in [0.05, 0.1) is 7.11 Å². The first kappa shape index (κ1) is 18.3. The number of esters is 1. The van der Waals surface area contributed by atoms with E-state index in [1.807, 2.05) is 18.2 Å². The number of benzene rings is 2. The van der Waals surface area contributed by atoms with Gasteiger partial charge in [0, 0.05) is 5.69 Å². The number of nitrogens with one attached hydrogen (secondary N) is 1. The van der Waals surface area contributed by atoms with Crippen molar-refractivity contribution in [3.63, 3.8) is 0 Å². The van der Waals surface area contributed by atoms with Crippen LogP contribution in [0, 0.1) is 0 Å². The van der Waals surface area contributed by atoms with Crippen molar-refractivity contribution in [1.29, 1.82) is 0 Å². The largest absolute Gasteiger partial charge is 0.497 e. The molecule has 0 saturated carbocycles. The first-order chi connectivity index (χ1) is 13.2. The molecular formula is C20H19NO6. The maximum Gasteiger partial charge on any atom is 0.347 e. The number of methoxy groups -OCH3 is 1. The minimum atomic E-state index is -0.741. The Morgan fingerprint density at radius 1 is 1.04 bits per heavy atom. The Morgan fingerprint density at radius 2 is 1.74 bits per heavy atom. The fraction of sp³-hybridized carbons (Fsp3) is 0.200. The van der Waals surface area contributed by atoms with Crippen LogP contribution in [0.1, 0.15) is 0 Å². The highest BCUT2D eigenvalue weighted by atomic mass is 16.6. The van der Waals surface area contributed by atoms with E-state index < -0.39 is 11.8 Å². The Balaban J connectivity index is 1.53. The number of anilines is 1. The number of rotatable bonds is 8. The molecule has 7 heteroatoms. The minimum absolute atomic E-state index is 0.000257. The third-order valence-corrected chi connectivity index (χ3v) is 3.73. The van der Waals surface area contributed by atoms with Gasteiger partial charge in [-0.05, 0) is 36.4 Å². The number of para-hydroxylation sites is 1. The zero-order valence-electron chi connectivity index (χ0n) is 14.8. The van der Waals surface area contributed by atoms with Gasteiger partial charge in [0.1, 0.15) is 24.7 Å². The molecule has 0 aromatic heterocycles. The van der Waals surface area contributed by atoms with Crippen molar-refractivity contribution in [1.82, 2.24) is 0 Å². The van der Waals surface area contributed by atoms with Gasteiger partial charge in [-0.15, -0.1) is 0 Å². The molecule has 27 heavy (non-hydrogen) atoms. The van der Waals surface area contributed by atoms with Crippen LogP contribution in [-0.4, -0.2) is 38.7 Å². The molecule has 3 rings (SSSR count). The number of carbonyl (C=O) groups excluding carboxylic acids is 2. The molecule has 1 N–H and O–H groups in total. The lowest BCUT2D eigenvalue weighted by atomic mass is 10.2. The van der Waals surface area contributed by atoms with Gasteiger partial charge in [-0.2, -0.15) is 0 Å². The first-order valence-corrected chi connectivity index (χ1v) is 8.33. The van der Waals surface area contributed by atoms with Crippen molar-refractivity contribution in [3.05, 3.63) is 66.1 Å². The molecule has 1 heterocycles. The lowest BCUT2D eigenvalue weighted by molar-refractivity contribution is -0.140. The van der Waals surface area contributed by atoms with E-state index in [4.69, 9.17) is 18.9 Å². The maximum atomic E-state index is 12.3. The van der Waals surface area contributed by atoms with Crippen LogP contribution in [0.2, 0.25) is 0 Å². The molecule has 0 radical (unpaired) electrons. The summed E-state index contributed by atoms with van der Waals surface area (Å²) in [5, 5.41) is 2.92. The van der Waals surface area contributed by atoms with Crippen molar-refractivity contribution in [2.45, 2.75) is 0 Å². The van der Waals surface area contributed by atoms with Crippen molar-refractivity contribution in [2.75, 3.05) is 32.2 Å². The Labute approximate surface area is 156 Å². The van der Waals surface area contributed by atoms with Gasteiger partial charge in [0.2, 0.25) is 11.7 Å². The van der Waals surface area contributed by atoms with Crippen LogP contribution >= 0.6 is 0 Å². The van der Waals surface area contributed by atoms with Gasteiger partial charge < -0.3 is 24.3 Å². The number of hydrogen-bond donors (Lipinski definition) is 1. The van der Waals surface area contributed by atoms with Crippen LogP contribution in [-0.2, 0) is 19.1 Å². The summed E-state index contributed by atoms with van der Waals surface area (Å²) in [6, 6.07) is 16.1. The number of Topliss-reactive ketones (excluding diaryl/α,β-unsaturated/α-hetero) is 1. The highest BCUT2D eigenvalue weighted by molar-refractivity contribution is 6.19. The monoisotopic (exact) mass is 369 g/mol. The second-order valence-corrected chi connectivity index (χ2v) is 5.57. The van der Waals surface area contributed by atoms with E-state index in [2.05, 4.69) is 5.32 Å². The van der Waals surface area contributed by atoms with Crippen molar-refractivity contribution in [3.8, 4) is 11.5 Å². The number of hydrogen-bond acceptors (Lipinski definition) is 7. The minimum Gasteiger partial charge on any atom is -0.497 e. The summed E-state index contributed by atoms with van der Waals surface area (Å²) in [6.07, 6.45) is 0. The first-order valence-electron chi connectivity index (χ1n) is 8.33. The summed E-state index contributed by atoms with van der Waals surface area (Å²) in [5.74, 6) is 0.285. The molecule has 1 aliphatic heterocycles. The van der Waals surface area contributed by atoms with Crippen LogP contribution in [0.3, 0.4) is 0 Å². The predicted octanol–water partition coefficient (Wildman–Crippen LogP) is 2.54. The van der Waals surface area contributed by atoms with Gasteiger partial charge in [-0.3, -0.25) is 4.79 Å². The molecule has 0 saturated heterocycles. The zero-order chi connectivity index (χ0) is 19.1. The van der Waals surface area contributed by atoms with Gasteiger partial charge >= 0.3 is 5.97 Å². The van der Waals surface area contributed by atoms with E-state index >= 15 is 0 Å². The molecule has 7 nitrogen and oxygen atoms in total. The average molecular weight is 369 g/mol. The quantitative estimate of drug-likeness (QED) is 0.435. The molecule has 2 aromatic carbocycles. The summed E-state index contributed by atoms with van der Waals surface area (Å²) in [4.78, 5) is 24.2. The average Bonchev–Trinajstić information content (AvgIpc) is 3.06. The molecule has 0 atom stereocenters. The van der Waals surface area contributed by atoms with Gasteiger partial charge in [-0.25, -0.2) is 4.79 Å². The Hall–Kier alpha value is -3.48. The molecule has 0 spiro atoms. The summed E-state index contributed by atoms with van der Waals surface area (Å²) >= 11 is 0. The zero-order valence-corrected chi connectivity index (χ0v) is 14.8. The topological polar surface area (TPSA) is 83.1 Å². The van der Waals surface area contributed by atoms with Gasteiger partial charge in [0.25, 0.3) is 0 Å². The normalized spacial score (nSPS) is 13.1. The highest BCUT2D eigenvalue weighted by Gasteiger charge is 2.32. The molecule has 0 unspecified atom stereocenters. The SMILES string of the molecule is COc1ccc(OCCOC(=O)C2=C(Nc3ccccc3)OCC2=O)cc1. The second kappa shape index (κ2) is 8.75. The maximum absolute atomic E-state index is 12.3. The van der Waals surface area contributed by atoms with Crippen LogP contribution in [0.15, 0.2) is 66.1 Å². The van der Waals surface area contributed by atoms with Crippen molar-refractivity contribution in [2.24, 2.45) is 0 Å². The molecular weight excluding hydrogens is 350 g/mol. The summed E-state index contributed by atoms with van der Waals surface area (Å²) in [7, 11) is 1.58. The van der Waals surface area contributed by atoms with Crippen LogP contribution in [0.25, 0.3) is 0 Å². The van der Waals surface area contributed by atoms with E-state index in [0.717, 1.165) is 5.75 Å². The molecule has 0 fully saturated rings. The Morgan fingerprint density at radius 3 is 2.44 bits per heavy atom. The van der Waals surface area contributed by atoms with Crippen molar-refractivity contribution >= 4 is 17.4 Å². The molecule has 2 aromatic rings. The highest BCUT2D eigenvalue weighted by Crippen LogP contribution is 2.21. The molecule has 0 bridgehead atoms. The lowest BCUT2D eigenvalue weighted by Gasteiger charge is -2.10. The number of ketones is 1. The fourth-order valence-corrected chi connectivity index (χ4v) is 2.40. The fourth-order valence-electron chi connectivity index (χ4n) is 2.40. The van der Waals surface area contributed by atoms with E-state index in [1.54, 1.807) is 43.5 Å². The third-order valence-electron chi connectivity index (χ3n) is 3.73. The summed E-state index contributed by atoms with van der Waals surface area (Å²) in [5.41, 5.74) is 0.582. The van der Waals surface area contributed by atoms with Crippen LogP contribution in [0.4, 0.5) is 5.69 Å². The molecule has 0 aliphatic carbocycles. The number of ether oxygens (including phenoxy) is 4. The van der Waals surface area contributed by atoms with Crippen LogP contribution < -0.4 is 14.8 Å². The van der Waals surface area contributed by atoms with Crippen LogP contribution in [0.5, 0.6) is 11.5 Å². The summed E-state index contributed by atoms with van der Waals surface area (Å²) in [6.45, 7) is -0.0376. The van der Waals surface area contributed by atoms with E-state index in [-0.39, 0.29) is 31.3 Å². The van der Waals surface area contributed by atoms with E-state index in [1.165, 1.54) is 0 Å². The third kappa shape index (κ3) is 4.78. The lowest BCUT2D eigenvalue weighted by Crippen LogP contribution is -2.19. The second-order valence-electron chi connectivity index (χ2n) is 5.57. The van der Waals surface area contributed by atoms with E-state index in [0.29, 0.717) is 11.4 Å². The van der Waals surface area contributed by atoms with Crippen molar-refractivity contribution < 1.29 is 28.5 Å². The molecule has 140 valence electrons.